The smallest absolute Gasteiger partial charge is 0.232 e. The van der Waals surface area contributed by atoms with Crippen molar-refractivity contribution in [3.63, 3.8) is 0 Å². The molecule has 7 nitrogen and oxygen atoms in total. The van der Waals surface area contributed by atoms with Gasteiger partial charge in [0.2, 0.25) is 5.78 Å². The second-order valence-corrected chi connectivity index (χ2v) is 9.62. The van der Waals surface area contributed by atoms with Crippen molar-refractivity contribution >= 4 is 29.1 Å². The molecular formula is C29H29ClN2O5. The van der Waals surface area contributed by atoms with Crippen molar-refractivity contribution < 1.29 is 24.1 Å². The van der Waals surface area contributed by atoms with Gasteiger partial charge in [0, 0.05) is 55.1 Å². The molecule has 0 spiro atoms. The molecule has 0 aromatic heterocycles. The van der Waals surface area contributed by atoms with Crippen molar-refractivity contribution in [2.24, 2.45) is 0 Å². The number of benzene rings is 3. The Labute approximate surface area is 221 Å². The van der Waals surface area contributed by atoms with Gasteiger partial charge >= 0.3 is 0 Å². The Morgan fingerprint density at radius 2 is 1.84 bits per heavy atom. The average Bonchev–Trinajstić information content (AvgIpc) is 3.23. The summed E-state index contributed by atoms with van der Waals surface area (Å²) in [7, 11) is 3.15. The minimum atomic E-state index is -0.211. The van der Waals surface area contributed by atoms with E-state index in [2.05, 4.69) is 15.9 Å². The molecule has 1 N–H and O–H groups in total. The minimum absolute atomic E-state index is 0.129. The lowest BCUT2D eigenvalue weighted by atomic mass is 9.99. The van der Waals surface area contributed by atoms with Gasteiger partial charge in [0.15, 0.2) is 5.76 Å². The molecule has 0 amide bonds. The highest BCUT2D eigenvalue weighted by Gasteiger charge is 2.34. The SMILES string of the molecule is COc1ccc(/C=C2\Oc3c(CN4CCN(c5cccc(Cl)c5)CC4)c(O)cc(C)c3C2=O)c(OC)c1. The third kappa shape index (κ3) is 4.97. The number of hydrogen-bond acceptors (Lipinski definition) is 7. The van der Waals surface area contributed by atoms with Crippen LogP contribution in [-0.4, -0.2) is 56.2 Å². The number of anilines is 1. The molecule has 0 bridgehead atoms. The fourth-order valence-electron chi connectivity index (χ4n) is 4.87. The first kappa shape index (κ1) is 25.0. The summed E-state index contributed by atoms with van der Waals surface area (Å²) in [5.41, 5.74) is 3.58. The normalized spacial score (nSPS) is 16.6. The molecule has 0 unspecified atom stereocenters. The second-order valence-electron chi connectivity index (χ2n) is 9.19. The number of carbonyl (C=O) groups is 1. The van der Waals surface area contributed by atoms with Crippen LogP contribution in [0.2, 0.25) is 5.02 Å². The molecule has 0 radical (unpaired) electrons. The van der Waals surface area contributed by atoms with Crippen LogP contribution in [0, 0.1) is 6.92 Å². The van der Waals surface area contributed by atoms with Gasteiger partial charge in [0.1, 0.15) is 23.0 Å². The van der Waals surface area contributed by atoms with Crippen LogP contribution in [0.1, 0.15) is 27.0 Å². The number of fused-ring (bicyclic) bond motifs is 1. The van der Waals surface area contributed by atoms with Crippen molar-refractivity contribution in [1.29, 1.82) is 0 Å². The topological polar surface area (TPSA) is 71.5 Å². The summed E-state index contributed by atoms with van der Waals surface area (Å²) in [4.78, 5) is 17.9. The van der Waals surface area contributed by atoms with Crippen LogP contribution in [0.3, 0.4) is 0 Å². The molecule has 3 aromatic carbocycles. The summed E-state index contributed by atoms with van der Waals surface area (Å²) >= 11 is 6.17. The largest absolute Gasteiger partial charge is 0.507 e. The van der Waals surface area contributed by atoms with Crippen LogP contribution < -0.4 is 19.1 Å². The van der Waals surface area contributed by atoms with Crippen LogP contribution in [-0.2, 0) is 6.54 Å². The number of aromatic hydroxyl groups is 1. The summed E-state index contributed by atoms with van der Waals surface area (Å²) in [5.74, 6) is 1.76. The molecule has 2 heterocycles. The van der Waals surface area contributed by atoms with Crippen molar-refractivity contribution in [2.75, 3.05) is 45.3 Å². The van der Waals surface area contributed by atoms with Gasteiger partial charge in [-0.3, -0.25) is 9.69 Å². The van der Waals surface area contributed by atoms with E-state index in [1.54, 1.807) is 38.5 Å². The highest BCUT2D eigenvalue weighted by Crippen LogP contribution is 2.43. The van der Waals surface area contributed by atoms with Gasteiger partial charge in [-0.25, -0.2) is 0 Å². The molecule has 3 aromatic rings. The van der Waals surface area contributed by atoms with Crippen LogP contribution >= 0.6 is 11.6 Å². The van der Waals surface area contributed by atoms with Gasteiger partial charge in [-0.15, -0.1) is 0 Å². The summed E-state index contributed by atoms with van der Waals surface area (Å²) in [6.07, 6.45) is 1.67. The Balaban J connectivity index is 1.38. The standard InChI is InChI=1S/C29H29ClN2O5/c1-18-13-24(33)23(17-31-9-11-32(12-10-31)21-6-4-5-20(30)15-21)29-27(18)28(34)26(37-29)14-19-7-8-22(35-2)16-25(19)36-3/h4-8,13-16,33H,9-12,17H2,1-3H3/b26-14-. The Morgan fingerprint density at radius 1 is 1.05 bits per heavy atom. The van der Waals surface area contributed by atoms with E-state index in [0.29, 0.717) is 46.0 Å². The highest BCUT2D eigenvalue weighted by atomic mass is 35.5. The fraction of sp³-hybridized carbons (Fsp3) is 0.276. The van der Waals surface area contributed by atoms with Gasteiger partial charge in [-0.2, -0.15) is 0 Å². The molecule has 0 atom stereocenters. The Kier molecular flexibility index (Phi) is 7.00. The molecule has 2 aliphatic heterocycles. The summed E-state index contributed by atoms with van der Waals surface area (Å²) < 4.78 is 16.9. The lowest BCUT2D eigenvalue weighted by Crippen LogP contribution is -2.46. The zero-order valence-electron chi connectivity index (χ0n) is 21.1. The van der Waals surface area contributed by atoms with E-state index in [0.717, 1.165) is 36.9 Å². The molecule has 5 rings (SSSR count). The summed E-state index contributed by atoms with van der Waals surface area (Å²) in [5, 5.41) is 11.6. The number of ketones is 1. The first-order valence-corrected chi connectivity index (χ1v) is 12.5. The molecule has 1 fully saturated rings. The van der Waals surface area contributed by atoms with Gasteiger partial charge in [-0.1, -0.05) is 17.7 Å². The zero-order chi connectivity index (χ0) is 26.1. The molecule has 37 heavy (non-hydrogen) atoms. The van der Waals surface area contributed by atoms with Crippen LogP contribution in [0.25, 0.3) is 6.08 Å². The zero-order valence-corrected chi connectivity index (χ0v) is 21.8. The molecule has 2 aliphatic rings. The summed E-state index contributed by atoms with van der Waals surface area (Å²) in [6.45, 7) is 5.55. The van der Waals surface area contributed by atoms with Crippen molar-refractivity contribution in [3.05, 3.63) is 81.6 Å². The first-order valence-electron chi connectivity index (χ1n) is 12.1. The number of nitrogens with zero attached hydrogens (tertiary/aromatic N) is 2. The predicted octanol–water partition coefficient (Wildman–Crippen LogP) is 5.31. The number of Topliss-reactive ketones (excluding diaryl/α,β-unsaturated/α-hetero) is 1. The highest BCUT2D eigenvalue weighted by molar-refractivity contribution is 6.30. The molecule has 1 saturated heterocycles. The van der Waals surface area contributed by atoms with E-state index in [4.69, 9.17) is 25.8 Å². The van der Waals surface area contributed by atoms with E-state index in [9.17, 15) is 9.90 Å². The number of methoxy groups -OCH3 is 2. The molecule has 0 saturated carbocycles. The Bertz CT molecular complexity index is 1380. The fourth-order valence-corrected chi connectivity index (χ4v) is 5.06. The van der Waals surface area contributed by atoms with Crippen molar-refractivity contribution in [2.45, 2.75) is 13.5 Å². The maximum atomic E-state index is 13.4. The number of allylic oxidation sites excluding steroid dienone is 1. The number of ether oxygens (including phenoxy) is 3. The van der Waals surface area contributed by atoms with Gasteiger partial charge in [0.05, 0.1) is 25.3 Å². The third-order valence-corrected chi connectivity index (χ3v) is 7.11. The molecular weight excluding hydrogens is 492 g/mol. The van der Waals surface area contributed by atoms with Gasteiger partial charge < -0.3 is 24.2 Å². The maximum Gasteiger partial charge on any atom is 0.232 e. The number of hydrogen-bond donors (Lipinski definition) is 1. The summed E-state index contributed by atoms with van der Waals surface area (Å²) in [6, 6.07) is 14.9. The van der Waals surface area contributed by atoms with Crippen molar-refractivity contribution in [3.8, 4) is 23.0 Å². The molecule has 0 aliphatic carbocycles. The monoisotopic (exact) mass is 520 g/mol. The van der Waals surface area contributed by atoms with Crippen LogP contribution in [0.15, 0.2) is 54.3 Å². The number of piperazine rings is 1. The maximum absolute atomic E-state index is 13.4. The van der Waals surface area contributed by atoms with Crippen LogP contribution in [0.4, 0.5) is 5.69 Å². The van der Waals surface area contributed by atoms with E-state index < -0.39 is 0 Å². The van der Waals surface area contributed by atoms with E-state index in [1.807, 2.05) is 31.2 Å². The predicted molar refractivity (Wildman–Crippen MR) is 144 cm³/mol. The quantitative estimate of drug-likeness (QED) is 0.442. The van der Waals surface area contributed by atoms with E-state index >= 15 is 0 Å². The second kappa shape index (κ2) is 10.4. The number of carbonyl (C=O) groups excluding carboxylic acids is 1. The average molecular weight is 521 g/mol. The Morgan fingerprint density at radius 3 is 2.54 bits per heavy atom. The molecule has 192 valence electrons. The third-order valence-electron chi connectivity index (χ3n) is 6.88. The van der Waals surface area contributed by atoms with Gasteiger partial charge in [-0.05, 0) is 55.0 Å². The number of phenols is 1. The number of aryl methyl sites for hydroxylation is 1. The van der Waals surface area contributed by atoms with Crippen molar-refractivity contribution in [1.82, 2.24) is 4.90 Å². The lowest BCUT2D eigenvalue weighted by molar-refractivity contribution is 0.101. The molecule has 8 heteroatoms. The van der Waals surface area contributed by atoms with E-state index in [-0.39, 0.29) is 17.3 Å². The number of halogens is 1. The van der Waals surface area contributed by atoms with Gasteiger partial charge in [0.25, 0.3) is 0 Å². The number of phenolic OH excluding ortho intramolecular Hbond substituents is 1. The number of rotatable bonds is 6. The van der Waals surface area contributed by atoms with E-state index in [1.165, 1.54) is 0 Å². The Hall–Kier alpha value is -3.68. The minimum Gasteiger partial charge on any atom is -0.507 e. The lowest BCUT2D eigenvalue weighted by Gasteiger charge is -2.36. The first-order chi connectivity index (χ1) is 17.9. The van der Waals surface area contributed by atoms with Crippen LogP contribution in [0.5, 0.6) is 23.0 Å².